The molecule has 0 spiro atoms. The third-order valence-corrected chi connectivity index (χ3v) is 3.80. The van der Waals surface area contributed by atoms with E-state index in [2.05, 4.69) is 13.8 Å². The molecule has 0 amide bonds. The van der Waals surface area contributed by atoms with Gasteiger partial charge in [-0.1, -0.05) is 13.8 Å². The van der Waals surface area contributed by atoms with Gasteiger partial charge < -0.3 is 5.73 Å². The van der Waals surface area contributed by atoms with E-state index in [0.717, 1.165) is 12.0 Å². The summed E-state index contributed by atoms with van der Waals surface area (Å²) in [6, 6.07) is 0. The number of Topliss-reactive ketones (excluding diaryl/α,β-unsaturated/α-hetero) is 1. The topological polar surface area (TPSA) is 43.1 Å². The fourth-order valence-electron chi connectivity index (χ4n) is 2.67. The molecule has 2 bridgehead atoms. The molecule has 2 nitrogen and oxygen atoms in total. The third kappa shape index (κ3) is 0.637. The quantitative estimate of drug-likeness (QED) is 0.590. The van der Waals surface area contributed by atoms with E-state index in [4.69, 9.17) is 5.73 Å². The molecule has 2 N–H and O–H groups in total. The van der Waals surface area contributed by atoms with Gasteiger partial charge in [0.1, 0.15) is 0 Å². The van der Waals surface area contributed by atoms with Crippen molar-refractivity contribution < 1.29 is 4.79 Å². The van der Waals surface area contributed by atoms with E-state index < -0.39 is 0 Å². The minimum absolute atomic E-state index is 0.171. The van der Waals surface area contributed by atoms with Gasteiger partial charge >= 0.3 is 0 Å². The Balaban J connectivity index is 2.48. The van der Waals surface area contributed by atoms with Crippen molar-refractivity contribution in [3.8, 4) is 0 Å². The lowest BCUT2D eigenvalue weighted by atomic mass is 9.48. The molecular formula is C10H15NO. The highest BCUT2D eigenvalue weighted by Crippen LogP contribution is 2.58. The van der Waals surface area contributed by atoms with Crippen molar-refractivity contribution in [3.63, 3.8) is 0 Å². The molecule has 0 aromatic carbocycles. The average Bonchev–Trinajstić information content (AvgIpc) is 1.98. The van der Waals surface area contributed by atoms with E-state index in [0.29, 0.717) is 11.6 Å². The first kappa shape index (κ1) is 7.84. The van der Waals surface area contributed by atoms with Crippen molar-refractivity contribution in [1.82, 2.24) is 0 Å². The molecule has 3 aliphatic rings. The van der Waals surface area contributed by atoms with Gasteiger partial charge in [-0.05, 0) is 30.3 Å². The lowest BCUT2D eigenvalue weighted by Gasteiger charge is -2.55. The summed E-state index contributed by atoms with van der Waals surface area (Å²) in [6.07, 6.45) is 1.03. The summed E-state index contributed by atoms with van der Waals surface area (Å²) in [6.45, 7) is 6.33. The van der Waals surface area contributed by atoms with Crippen LogP contribution in [0.25, 0.3) is 0 Å². The van der Waals surface area contributed by atoms with Crippen LogP contribution in [0.15, 0.2) is 11.3 Å². The second-order valence-corrected chi connectivity index (χ2v) is 4.62. The molecule has 3 rings (SSSR count). The highest BCUT2D eigenvalue weighted by molar-refractivity contribution is 6.00. The summed E-state index contributed by atoms with van der Waals surface area (Å²) in [5.41, 5.74) is 7.52. The highest BCUT2D eigenvalue weighted by Gasteiger charge is 2.56. The smallest absolute Gasteiger partial charge is 0.182 e. The Kier molecular flexibility index (Phi) is 1.26. The summed E-state index contributed by atoms with van der Waals surface area (Å²) in [4.78, 5) is 11.6. The van der Waals surface area contributed by atoms with Gasteiger partial charge in [0, 0.05) is 5.92 Å². The van der Waals surface area contributed by atoms with E-state index in [1.54, 1.807) is 0 Å². The summed E-state index contributed by atoms with van der Waals surface area (Å²) < 4.78 is 0. The number of allylic oxidation sites excluding steroid dienone is 2. The van der Waals surface area contributed by atoms with Gasteiger partial charge in [0.2, 0.25) is 0 Å². The van der Waals surface area contributed by atoms with Gasteiger partial charge in [0.05, 0.1) is 5.70 Å². The van der Waals surface area contributed by atoms with Gasteiger partial charge in [-0.2, -0.15) is 0 Å². The molecule has 2 heteroatoms. The second-order valence-electron chi connectivity index (χ2n) is 4.62. The maximum Gasteiger partial charge on any atom is 0.182 e. The van der Waals surface area contributed by atoms with E-state index in [1.807, 2.05) is 6.92 Å². The third-order valence-electron chi connectivity index (χ3n) is 3.80. The largest absolute Gasteiger partial charge is 0.396 e. The molecule has 1 fully saturated rings. The molecule has 0 radical (unpaired) electrons. The summed E-state index contributed by atoms with van der Waals surface area (Å²) >= 11 is 0. The normalized spacial score (nSPS) is 38.1. The number of nitrogens with two attached hydrogens (primary N) is 1. The van der Waals surface area contributed by atoms with Crippen LogP contribution in [0.1, 0.15) is 27.2 Å². The molecule has 0 saturated heterocycles. The SMILES string of the molecule is CC1=C(N)C(=O)C2CC1C2(C)C. The van der Waals surface area contributed by atoms with Crippen LogP contribution in [-0.4, -0.2) is 5.78 Å². The number of rotatable bonds is 0. The first-order valence-corrected chi connectivity index (χ1v) is 4.46. The van der Waals surface area contributed by atoms with E-state index in [1.165, 1.54) is 0 Å². The minimum atomic E-state index is 0.171. The number of carbonyl (C=O) groups excluding carboxylic acids is 1. The number of ketones is 1. The van der Waals surface area contributed by atoms with Gasteiger partial charge in [-0.3, -0.25) is 4.79 Å². The number of fused-ring (bicyclic) bond motifs is 1. The zero-order valence-electron chi connectivity index (χ0n) is 7.85. The van der Waals surface area contributed by atoms with Crippen molar-refractivity contribution in [1.29, 1.82) is 0 Å². The van der Waals surface area contributed by atoms with Crippen molar-refractivity contribution in [2.24, 2.45) is 23.0 Å². The Hall–Kier alpha value is -0.790. The summed E-state index contributed by atoms with van der Waals surface area (Å²) in [7, 11) is 0. The van der Waals surface area contributed by atoms with E-state index in [9.17, 15) is 4.79 Å². The molecule has 3 aliphatic carbocycles. The van der Waals surface area contributed by atoms with Crippen molar-refractivity contribution in [2.45, 2.75) is 27.2 Å². The molecule has 12 heavy (non-hydrogen) atoms. The Bertz CT molecular complexity index is 288. The Morgan fingerprint density at radius 3 is 2.42 bits per heavy atom. The lowest BCUT2D eigenvalue weighted by Crippen LogP contribution is -2.54. The predicted molar refractivity (Wildman–Crippen MR) is 47.3 cm³/mol. The highest BCUT2D eigenvalue weighted by atomic mass is 16.1. The zero-order valence-corrected chi connectivity index (χ0v) is 7.85. The van der Waals surface area contributed by atoms with Crippen LogP contribution in [0, 0.1) is 17.3 Å². The molecule has 66 valence electrons. The fraction of sp³-hybridized carbons (Fsp3) is 0.700. The second kappa shape index (κ2) is 1.93. The Morgan fingerprint density at radius 2 is 2.00 bits per heavy atom. The van der Waals surface area contributed by atoms with Gasteiger partial charge in [0.15, 0.2) is 5.78 Å². The van der Waals surface area contributed by atoms with Gasteiger partial charge in [-0.15, -0.1) is 0 Å². The molecule has 0 aromatic rings. The average molecular weight is 165 g/mol. The summed E-state index contributed by atoms with van der Waals surface area (Å²) in [5.74, 6) is 0.936. The number of hydrogen-bond donors (Lipinski definition) is 1. The van der Waals surface area contributed by atoms with Crippen molar-refractivity contribution in [2.75, 3.05) is 0 Å². The lowest BCUT2D eigenvalue weighted by molar-refractivity contribution is -0.135. The van der Waals surface area contributed by atoms with Crippen LogP contribution in [-0.2, 0) is 4.79 Å². The fourth-order valence-corrected chi connectivity index (χ4v) is 2.67. The monoisotopic (exact) mass is 165 g/mol. The molecule has 0 aromatic heterocycles. The zero-order chi connectivity index (χ0) is 9.09. The Morgan fingerprint density at radius 1 is 1.42 bits per heavy atom. The molecular weight excluding hydrogens is 150 g/mol. The molecule has 1 saturated carbocycles. The molecule has 0 aliphatic heterocycles. The molecule has 0 heterocycles. The van der Waals surface area contributed by atoms with Crippen LogP contribution < -0.4 is 5.73 Å². The van der Waals surface area contributed by atoms with E-state index >= 15 is 0 Å². The van der Waals surface area contributed by atoms with Crippen LogP contribution in [0.2, 0.25) is 0 Å². The number of hydrogen-bond acceptors (Lipinski definition) is 2. The first-order chi connectivity index (χ1) is 5.46. The molecule has 2 atom stereocenters. The van der Waals surface area contributed by atoms with E-state index in [-0.39, 0.29) is 17.1 Å². The Labute approximate surface area is 72.8 Å². The van der Waals surface area contributed by atoms with Crippen LogP contribution in [0.5, 0.6) is 0 Å². The van der Waals surface area contributed by atoms with Gasteiger partial charge in [0.25, 0.3) is 0 Å². The predicted octanol–water partition coefficient (Wildman–Crippen LogP) is 1.46. The van der Waals surface area contributed by atoms with Crippen LogP contribution in [0.4, 0.5) is 0 Å². The maximum absolute atomic E-state index is 11.6. The van der Waals surface area contributed by atoms with Crippen LogP contribution in [0.3, 0.4) is 0 Å². The van der Waals surface area contributed by atoms with Crippen molar-refractivity contribution in [3.05, 3.63) is 11.3 Å². The van der Waals surface area contributed by atoms with Gasteiger partial charge in [-0.25, -0.2) is 0 Å². The summed E-state index contributed by atoms with van der Waals surface area (Å²) in [5, 5.41) is 0. The molecule has 2 unspecified atom stereocenters. The maximum atomic E-state index is 11.6. The number of carbonyl (C=O) groups is 1. The first-order valence-electron chi connectivity index (χ1n) is 4.46. The van der Waals surface area contributed by atoms with Crippen molar-refractivity contribution >= 4 is 5.78 Å². The van der Waals surface area contributed by atoms with Crippen LogP contribution >= 0.6 is 0 Å². The standard InChI is InChI=1S/C10H15NO/c1-5-6-4-7(10(6,2)3)9(12)8(5)11/h6-7H,4,11H2,1-3H3. The minimum Gasteiger partial charge on any atom is -0.396 e.